The van der Waals surface area contributed by atoms with Crippen molar-refractivity contribution in [3.8, 4) is 0 Å². The van der Waals surface area contributed by atoms with Crippen LogP contribution in [0.2, 0.25) is 0 Å². The molecular weight excluding hydrogens is 255 g/mol. The first-order valence-electron chi connectivity index (χ1n) is 5.54. The molecule has 19 heavy (non-hydrogen) atoms. The van der Waals surface area contributed by atoms with E-state index in [2.05, 4.69) is 0 Å². The molecule has 6 nitrogen and oxygen atoms in total. The van der Waals surface area contributed by atoms with Gasteiger partial charge < -0.3 is 5.11 Å². The van der Waals surface area contributed by atoms with Gasteiger partial charge in [0.2, 0.25) is 5.82 Å². The minimum Gasteiger partial charge on any atom is -0.480 e. The smallest absolute Gasteiger partial charge is 0.323 e. The SMILES string of the molecule is CN(Cc1cccc([N+](=O)[O-])c1F)C(C)(C)C(=O)O. The van der Waals surface area contributed by atoms with E-state index in [4.69, 9.17) is 5.11 Å². The standard InChI is InChI=1S/C12H15FN2O4/c1-12(2,11(16)17)14(3)7-8-5-4-6-9(10(8)13)15(18)19/h4-6H,7H2,1-3H3,(H,16,17). The molecule has 0 aliphatic rings. The molecule has 0 fully saturated rings. The lowest BCUT2D eigenvalue weighted by Crippen LogP contribution is -2.47. The summed E-state index contributed by atoms with van der Waals surface area (Å²) >= 11 is 0. The number of hydrogen-bond donors (Lipinski definition) is 1. The average Bonchev–Trinajstić information content (AvgIpc) is 2.30. The zero-order chi connectivity index (χ0) is 14.8. The number of carbonyl (C=O) groups is 1. The monoisotopic (exact) mass is 270 g/mol. The molecular formula is C12H15FN2O4. The Bertz CT molecular complexity index is 516. The first-order valence-corrected chi connectivity index (χ1v) is 5.54. The molecule has 104 valence electrons. The summed E-state index contributed by atoms with van der Waals surface area (Å²) in [6.45, 7) is 2.92. The number of nitrogens with zero attached hydrogens (tertiary/aromatic N) is 2. The third kappa shape index (κ3) is 3.05. The number of carboxylic acids is 1. The average molecular weight is 270 g/mol. The summed E-state index contributed by atoms with van der Waals surface area (Å²) < 4.78 is 13.9. The van der Waals surface area contributed by atoms with Crippen LogP contribution in [-0.4, -0.2) is 33.5 Å². The van der Waals surface area contributed by atoms with Crippen LogP contribution in [0.15, 0.2) is 18.2 Å². The van der Waals surface area contributed by atoms with Gasteiger partial charge >= 0.3 is 11.7 Å². The fourth-order valence-electron chi connectivity index (χ4n) is 1.45. The maximum atomic E-state index is 13.9. The van der Waals surface area contributed by atoms with Crippen LogP contribution in [-0.2, 0) is 11.3 Å². The Kier molecular flexibility index (Phi) is 4.21. The minimum absolute atomic E-state index is 0.0349. The fourth-order valence-corrected chi connectivity index (χ4v) is 1.45. The summed E-state index contributed by atoms with van der Waals surface area (Å²) in [5.41, 5.74) is -1.72. The van der Waals surface area contributed by atoms with Gasteiger partial charge in [-0.25, -0.2) is 0 Å². The van der Waals surface area contributed by atoms with Crippen LogP contribution >= 0.6 is 0 Å². The third-order valence-corrected chi connectivity index (χ3v) is 3.14. The Hall–Kier alpha value is -2.02. The van der Waals surface area contributed by atoms with Crippen LogP contribution < -0.4 is 0 Å². The summed E-state index contributed by atoms with van der Waals surface area (Å²) in [7, 11) is 1.52. The van der Waals surface area contributed by atoms with E-state index in [1.54, 1.807) is 0 Å². The van der Waals surface area contributed by atoms with E-state index in [1.807, 2.05) is 0 Å². The van der Waals surface area contributed by atoms with Crippen LogP contribution in [0.5, 0.6) is 0 Å². The van der Waals surface area contributed by atoms with Gasteiger partial charge in [0.25, 0.3) is 0 Å². The Morgan fingerprint density at radius 1 is 1.53 bits per heavy atom. The number of likely N-dealkylation sites (N-methyl/N-ethyl adjacent to an activating group) is 1. The number of hydrogen-bond acceptors (Lipinski definition) is 4. The maximum Gasteiger partial charge on any atom is 0.323 e. The number of rotatable bonds is 5. The van der Waals surface area contributed by atoms with Gasteiger partial charge in [-0.3, -0.25) is 19.8 Å². The van der Waals surface area contributed by atoms with Gasteiger partial charge in [-0.1, -0.05) is 12.1 Å². The highest BCUT2D eigenvalue weighted by Gasteiger charge is 2.32. The zero-order valence-corrected chi connectivity index (χ0v) is 10.9. The largest absolute Gasteiger partial charge is 0.480 e. The van der Waals surface area contributed by atoms with Crippen molar-refractivity contribution in [2.24, 2.45) is 0 Å². The second kappa shape index (κ2) is 5.31. The van der Waals surface area contributed by atoms with Crippen molar-refractivity contribution in [3.63, 3.8) is 0 Å². The number of aliphatic carboxylic acids is 1. The minimum atomic E-state index is -1.20. The molecule has 1 N–H and O–H groups in total. The van der Waals surface area contributed by atoms with Gasteiger partial charge in [0.05, 0.1) is 4.92 Å². The van der Waals surface area contributed by atoms with E-state index in [-0.39, 0.29) is 12.1 Å². The van der Waals surface area contributed by atoms with Gasteiger partial charge in [0, 0.05) is 18.2 Å². The predicted octanol–water partition coefficient (Wildman–Crippen LogP) is 2.03. The van der Waals surface area contributed by atoms with E-state index in [0.29, 0.717) is 0 Å². The predicted molar refractivity (Wildman–Crippen MR) is 66.2 cm³/mol. The Labute approximate surface area is 109 Å². The van der Waals surface area contributed by atoms with Crippen molar-refractivity contribution >= 4 is 11.7 Å². The van der Waals surface area contributed by atoms with E-state index in [9.17, 15) is 19.3 Å². The van der Waals surface area contributed by atoms with Gasteiger partial charge in [-0.05, 0) is 20.9 Å². The molecule has 1 rings (SSSR count). The van der Waals surface area contributed by atoms with Gasteiger partial charge in [-0.2, -0.15) is 4.39 Å². The van der Waals surface area contributed by atoms with Crippen molar-refractivity contribution in [1.82, 2.24) is 4.90 Å². The Morgan fingerprint density at radius 2 is 2.11 bits per heavy atom. The van der Waals surface area contributed by atoms with Crippen LogP contribution in [0.4, 0.5) is 10.1 Å². The Morgan fingerprint density at radius 3 is 2.58 bits per heavy atom. The lowest BCUT2D eigenvalue weighted by molar-refractivity contribution is -0.387. The quantitative estimate of drug-likeness (QED) is 0.653. The van der Waals surface area contributed by atoms with Crippen LogP contribution in [0.25, 0.3) is 0 Å². The van der Waals surface area contributed by atoms with E-state index in [1.165, 1.54) is 37.9 Å². The van der Waals surface area contributed by atoms with Crippen molar-refractivity contribution in [1.29, 1.82) is 0 Å². The topological polar surface area (TPSA) is 83.7 Å². The molecule has 0 spiro atoms. The molecule has 0 heterocycles. The Balaban J connectivity index is 3.04. The van der Waals surface area contributed by atoms with E-state index in [0.717, 1.165) is 6.07 Å². The first-order chi connectivity index (χ1) is 8.67. The summed E-state index contributed by atoms with van der Waals surface area (Å²) in [4.78, 5) is 22.3. The molecule has 0 radical (unpaired) electrons. The summed E-state index contributed by atoms with van der Waals surface area (Å²) in [6, 6.07) is 3.84. The van der Waals surface area contributed by atoms with Crippen LogP contribution in [0, 0.1) is 15.9 Å². The van der Waals surface area contributed by atoms with E-state index >= 15 is 0 Å². The highest BCUT2D eigenvalue weighted by molar-refractivity contribution is 5.77. The first kappa shape index (κ1) is 15.0. The maximum absolute atomic E-state index is 13.9. The summed E-state index contributed by atoms with van der Waals surface area (Å²) in [5, 5.41) is 19.7. The van der Waals surface area contributed by atoms with Crippen molar-refractivity contribution in [2.75, 3.05) is 7.05 Å². The molecule has 0 bridgehead atoms. The number of halogens is 1. The second-order valence-electron chi connectivity index (χ2n) is 4.73. The highest BCUT2D eigenvalue weighted by Crippen LogP contribution is 2.23. The molecule has 7 heteroatoms. The molecule has 0 saturated carbocycles. The zero-order valence-electron chi connectivity index (χ0n) is 10.9. The fraction of sp³-hybridized carbons (Fsp3) is 0.417. The van der Waals surface area contributed by atoms with Gasteiger partial charge in [-0.15, -0.1) is 0 Å². The number of nitro benzene ring substituents is 1. The molecule has 0 saturated heterocycles. The highest BCUT2D eigenvalue weighted by atomic mass is 19.1. The summed E-state index contributed by atoms with van der Waals surface area (Å²) in [6.07, 6.45) is 0. The third-order valence-electron chi connectivity index (χ3n) is 3.14. The lowest BCUT2D eigenvalue weighted by Gasteiger charge is -2.31. The molecule has 0 amide bonds. The van der Waals surface area contributed by atoms with Crippen molar-refractivity contribution in [3.05, 3.63) is 39.7 Å². The summed E-state index contributed by atoms with van der Waals surface area (Å²) in [5.74, 6) is -1.98. The molecule has 0 unspecified atom stereocenters. The van der Waals surface area contributed by atoms with Crippen molar-refractivity contribution < 1.29 is 19.2 Å². The van der Waals surface area contributed by atoms with Crippen LogP contribution in [0.3, 0.4) is 0 Å². The normalized spacial score (nSPS) is 11.6. The lowest BCUT2D eigenvalue weighted by atomic mass is 10.0. The van der Waals surface area contributed by atoms with Gasteiger partial charge in [0.1, 0.15) is 5.54 Å². The number of carboxylic acid groups (broad SMARTS) is 1. The van der Waals surface area contributed by atoms with Crippen molar-refractivity contribution in [2.45, 2.75) is 25.9 Å². The second-order valence-corrected chi connectivity index (χ2v) is 4.73. The molecule has 0 atom stereocenters. The molecule has 1 aromatic carbocycles. The molecule has 0 aliphatic carbocycles. The van der Waals surface area contributed by atoms with E-state index < -0.39 is 27.9 Å². The molecule has 0 aromatic heterocycles. The van der Waals surface area contributed by atoms with Gasteiger partial charge in [0.15, 0.2) is 0 Å². The number of benzene rings is 1. The molecule has 0 aliphatic heterocycles. The number of nitro groups is 1. The van der Waals surface area contributed by atoms with Crippen LogP contribution in [0.1, 0.15) is 19.4 Å². The molecule has 1 aromatic rings.